The van der Waals surface area contributed by atoms with Crippen molar-refractivity contribution < 1.29 is 0 Å². The standard InChI is InChI=1S/C11H18N6/c1-3-6-17-7-5-13-11(17)10(12-4-2)9-8-14-16-15-9/h5,7-8,10,12H,3-4,6H2,1-2H3,(H,14,15,16). The first-order valence-electron chi connectivity index (χ1n) is 5.96. The Hall–Kier alpha value is -1.69. The first-order chi connectivity index (χ1) is 8.36. The predicted molar refractivity (Wildman–Crippen MR) is 64.4 cm³/mol. The van der Waals surface area contributed by atoms with Crippen molar-refractivity contribution in [1.82, 2.24) is 30.3 Å². The van der Waals surface area contributed by atoms with Gasteiger partial charge in [0.2, 0.25) is 0 Å². The van der Waals surface area contributed by atoms with E-state index >= 15 is 0 Å². The van der Waals surface area contributed by atoms with Crippen LogP contribution in [0.3, 0.4) is 0 Å². The van der Waals surface area contributed by atoms with Gasteiger partial charge in [-0.3, -0.25) is 0 Å². The summed E-state index contributed by atoms with van der Waals surface area (Å²) in [6, 6.07) is 0.000278. The number of nitrogens with zero attached hydrogens (tertiary/aromatic N) is 4. The van der Waals surface area contributed by atoms with Crippen molar-refractivity contribution in [2.75, 3.05) is 6.54 Å². The maximum absolute atomic E-state index is 4.43. The molecule has 92 valence electrons. The van der Waals surface area contributed by atoms with E-state index in [0.717, 1.165) is 31.0 Å². The van der Waals surface area contributed by atoms with Crippen LogP contribution in [0.2, 0.25) is 0 Å². The highest BCUT2D eigenvalue weighted by Crippen LogP contribution is 2.18. The van der Waals surface area contributed by atoms with Crippen LogP contribution in [-0.2, 0) is 6.54 Å². The average molecular weight is 234 g/mol. The van der Waals surface area contributed by atoms with Crippen LogP contribution in [0.25, 0.3) is 0 Å². The fourth-order valence-corrected chi connectivity index (χ4v) is 1.89. The molecule has 6 heteroatoms. The molecule has 2 N–H and O–H groups in total. The van der Waals surface area contributed by atoms with Crippen LogP contribution in [0.5, 0.6) is 0 Å². The lowest BCUT2D eigenvalue weighted by Crippen LogP contribution is -2.25. The number of hydrogen-bond acceptors (Lipinski definition) is 4. The van der Waals surface area contributed by atoms with Crippen LogP contribution in [-0.4, -0.2) is 31.5 Å². The van der Waals surface area contributed by atoms with E-state index in [-0.39, 0.29) is 6.04 Å². The van der Waals surface area contributed by atoms with Crippen molar-refractivity contribution in [2.45, 2.75) is 32.9 Å². The highest BCUT2D eigenvalue weighted by Gasteiger charge is 2.20. The lowest BCUT2D eigenvalue weighted by atomic mass is 10.2. The minimum absolute atomic E-state index is 0.000278. The molecule has 0 amide bonds. The summed E-state index contributed by atoms with van der Waals surface area (Å²) in [5, 5.41) is 14.0. The Morgan fingerprint density at radius 3 is 3.00 bits per heavy atom. The van der Waals surface area contributed by atoms with E-state index in [4.69, 9.17) is 0 Å². The summed E-state index contributed by atoms with van der Waals surface area (Å²) >= 11 is 0. The van der Waals surface area contributed by atoms with Gasteiger partial charge in [-0.2, -0.15) is 15.4 Å². The molecule has 0 radical (unpaired) electrons. The molecule has 1 atom stereocenters. The van der Waals surface area contributed by atoms with Crippen molar-refractivity contribution in [3.8, 4) is 0 Å². The molecule has 0 aliphatic heterocycles. The molecule has 2 aromatic heterocycles. The van der Waals surface area contributed by atoms with Crippen LogP contribution < -0.4 is 5.32 Å². The summed E-state index contributed by atoms with van der Waals surface area (Å²) in [5.41, 5.74) is 0.871. The van der Waals surface area contributed by atoms with Crippen molar-refractivity contribution in [2.24, 2.45) is 0 Å². The van der Waals surface area contributed by atoms with Crippen LogP contribution in [0.15, 0.2) is 18.6 Å². The number of imidazole rings is 1. The highest BCUT2D eigenvalue weighted by molar-refractivity contribution is 5.14. The number of aromatic nitrogens is 5. The number of rotatable bonds is 6. The van der Waals surface area contributed by atoms with Crippen molar-refractivity contribution in [3.63, 3.8) is 0 Å². The second-order valence-electron chi connectivity index (χ2n) is 3.86. The first kappa shape index (κ1) is 11.8. The lowest BCUT2D eigenvalue weighted by Gasteiger charge is -2.16. The molecule has 0 aromatic carbocycles. The Balaban J connectivity index is 2.29. The quantitative estimate of drug-likeness (QED) is 0.785. The Bertz CT molecular complexity index is 433. The number of nitrogens with one attached hydrogen (secondary N) is 2. The Morgan fingerprint density at radius 1 is 1.47 bits per heavy atom. The normalized spacial score (nSPS) is 12.8. The number of hydrogen-bond donors (Lipinski definition) is 2. The Kier molecular flexibility index (Phi) is 3.87. The number of aromatic amines is 1. The van der Waals surface area contributed by atoms with E-state index in [2.05, 4.69) is 44.1 Å². The minimum Gasteiger partial charge on any atom is -0.333 e. The van der Waals surface area contributed by atoms with Gasteiger partial charge in [-0.05, 0) is 13.0 Å². The highest BCUT2D eigenvalue weighted by atomic mass is 15.3. The van der Waals surface area contributed by atoms with Gasteiger partial charge in [0.15, 0.2) is 0 Å². The molecule has 2 rings (SSSR count). The van der Waals surface area contributed by atoms with Gasteiger partial charge in [-0.15, -0.1) is 0 Å². The topological polar surface area (TPSA) is 71.4 Å². The largest absolute Gasteiger partial charge is 0.333 e. The van der Waals surface area contributed by atoms with Crippen molar-refractivity contribution in [3.05, 3.63) is 30.1 Å². The summed E-state index contributed by atoms with van der Waals surface area (Å²) in [6.07, 6.45) is 6.65. The molecule has 1 unspecified atom stereocenters. The summed E-state index contributed by atoms with van der Waals surface area (Å²) in [5.74, 6) is 0.989. The fraction of sp³-hybridized carbons (Fsp3) is 0.545. The lowest BCUT2D eigenvalue weighted by molar-refractivity contribution is 0.534. The SMILES string of the molecule is CCCn1ccnc1C(NCC)c1cn[nH]n1. The monoisotopic (exact) mass is 234 g/mol. The Labute approximate surface area is 100 Å². The summed E-state index contributed by atoms with van der Waals surface area (Å²) in [7, 11) is 0. The Morgan fingerprint density at radius 2 is 2.35 bits per heavy atom. The zero-order valence-electron chi connectivity index (χ0n) is 10.2. The molecular formula is C11H18N6. The summed E-state index contributed by atoms with van der Waals surface area (Å²) in [4.78, 5) is 4.43. The number of aryl methyl sites for hydroxylation is 1. The van der Waals surface area contributed by atoms with Crippen molar-refractivity contribution in [1.29, 1.82) is 0 Å². The second kappa shape index (κ2) is 5.58. The fourth-order valence-electron chi connectivity index (χ4n) is 1.89. The van der Waals surface area contributed by atoms with Gasteiger partial charge in [-0.1, -0.05) is 13.8 Å². The second-order valence-corrected chi connectivity index (χ2v) is 3.86. The molecule has 0 bridgehead atoms. The molecule has 0 saturated heterocycles. The van der Waals surface area contributed by atoms with E-state index in [1.54, 1.807) is 6.20 Å². The maximum atomic E-state index is 4.43. The van der Waals surface area contributed by atoms with Gasteiger partial charge in [0.1, 0.15) is 17.6 Å². The van der Waals surface area contributed by atoms with Crippen molar-refractivity contribution >= 4 is 0 Å². The molecule has 2 heterocycles. The molecule has 2 aromatic rings. The molecule has 6 nitrogen and oxygen atoms in total. The van der Waals surface area contributed by atoms with Gasteiger partial charge in [-0.25, -0.2) is 4.98 Å². The first-order valence-corrected chi connectivity index (χ1v) is 5.96. The molecule has 0 spiro atoms. The molecular weight excluding hydrogens is 216 g/mol. The van der Waals surface area contributed by atoms with E-state index in [1.165, 1.54) is 0 Å². The minimum atomic E-state index is 0.000278. The van der Waals surface area contributed by atoms with Gasteiger partial charge < -0.3 is 9.88 Å². The molecule has 0 saturated carbocycles. The van der Waals surface area contributed by atoms with E-state index in [9.17, 15) is 0 Å². The zero-order valence-corrected chi connectivity index (χ0v) is 10.2. The van der Waals surface area contributed by atoms with E-state index in [1.807, 2.05) is 12.4 Å². The van der Waals surface area contributed by atoms with Crippen LogP contribution in [0.1, 0.15) is 37.8 Å². The van der Waals surface area contributed by atoms with E-state index in [0.29, 0.717) is 0 Å². The third kappa shape index (κ3) is 2.52. The average Bonchev–Trinajstić information content (AvgIpc) is 2.97. The van der Waals surface area contributed by atoms with Crippen LogP contribution in [0, 0.1) is 0 Å². The number of H-pyrrole nitrogens is 1. The van der Waals surface area contributed by atoms with Gasteiger partial charge in [0.05, 0.1) is 6.20 Å². The van der Waals surface area contributed by atoms with Crippen LogP contribution >= 0.6 is 0 Å². The molecule has 0 aliphatic rings. The summed E-state index contributed by atoms with van der Waals surface area (Å²) < 4.78 is 2.15. The predicted octanol–water partition coefficient (Wildman–Crippen LogP) is 1.11. The van der Waals surface area contributed by atoms with Gasteiger partial charge >= 0.3 is 0 Å². The van der Waals surface area contributed by atoms with Crippen LogP contribution in [0.4, 0.5) is 0 Å². The van der Waals surface area contributed by atoms with Gasteiger partial charge in [0, 0.05) is 18.9 Å². The maximum Gasteiger partial charge on any atom is 0.132 e. The smallest absolute Gasteiger partial charge is 0.132 e. The third-order valence-corrected chi connectivity index (χ3v) is 2.61. The third-order valence-electron chi connectivity index (χ3n) is 2.61. The molecule has 0 fully saturated rings. The zero-order chi connectivity index (χ0) is 12.1. The summed E-state index contributed by atoms with van der Waals surface area (Å²) in [6.45, 7) is 6.05. The van der Waals surface area contributed by atoms with E-state index < -0.39 is 0 Å². The molecule has 0 aliphatic carbocycles. The molecule has 17 heavy (non-hydrogen) atoms. The van der Waals surface area contributed by atoms with Gasteiger partial charge in [0.25, 0.3) is 0 Å².